The van der Waals surface area contributed by atoms with Gasteiger partial charge in [0.1, 0.15) is 0 Å². The van der Waals surface area contributed by atoms with Crippen LogP contribution in [0, 0.1) is 6.92 Å². The fourth-order valence-corrected chi connectivity index (χ4v) is 3.33. The molecule has 0 radical (unpaired) electrons. The third-order valence-electron chi connectivity index (χ3n) is 4.09. The van der Waals surface area contributed by atoms with Gasteiger partial charge >= 0.3 is 0 Å². The molecule has 1 aromatic carbocycles. The molecular formula is C17H19ClN2O. The van der Waals surface area contributed by atoms with Crippen molar-refractivity contribution in [1.82, 2.24) is 10.3 Å². The third kappa shape index (κ3) is 3.03. The number of fused-ring (bicyclic) bond motifs is 1. The molecule has 1 aliphatic rings. The Hall–Kier alpha value is -1.61. The molecule has 0 saturated heterocycles. The number of aromatic nitrogens is 1. The molecular weight excluding hydrogens is 284 g/mol. The van der Waals surface area contributed by atoms with Crippen molar-refractivity contribution in [2.45, 2.75) is 44.0 Å². The number of carbonyl (C=O) groups is 1. The van der Waals surface area contributed by atoms with Gasteiger partial charge in [-0.05, 0) is 31.9 Å². The van der Waals surface area contributed by atoms with Gasteiger partial charge in [0.05, 0.1) is 16.5 Å². The van der Waals surface area contributed by atoms with Crippen LogP contribution in [0.5, 0.6) is 0 Å². The standard InChI is InChI=1S/C17H19ClN2O/c1-11-10-13(12-6-2-4-8-15(12)19-11)17(21)20-16-9-5-3-7-14(16)18/h2,4,6,8,10,14,16H,3,5,7,9H2,1H3,(H,20,21). The van der Waals surface area contributed by atoms with Crippen molar-refractivity contribution in [3.05, 3.63) is 41.6 Å². The summed E-state index contributed by atoms with van der Waals surface area (Å²) >= 11 is 6.34. The van der Waals surface area contributed by atoms with Gasteiger partial charge in [-0.2, -0.15) is 0 Å². The molecule has 3 nitrogen and oxygen atoms in total. The molecule has 0 aliphatic heterocycles. The van der Waals surface area contributed by atoms with Crippen molar-refractivity contribution >= 4 is 28.4 Å². The Bertz CT molecular complexity index is 671. The van der Waals surface area contributed by atoms with Crippen molar-refractivity contribution in [3.63, 3.8) is 0 Å². The second-order valence-corrected chi connectivity index (χ2v) is 6.27. The highest BCUT2D eigenvalue weighted by atomic mass is 35.5. The summed E-state index contributed by atoms with van der Waals surface area (Å²) in [5.74, 6) is -0.0470. The van der Waals surface area contributed by atoms with Crippen LogP contribution in [0.25, 0.3) is 10.9 Å². The van der Waals surface area contributed by atoms with Gasteiger partial charge in [-0.1, -0.05) is 31.0 Å². The lowest BCUT2D eigenvalue weighted by Gasteiger charge is -2.28. The zero-order valence-corrected chi connectivity index (χ0v) is 12.9. The second kappa shape index (κ2) is 6.02. The molecule has 1 aliphatic carbocycles. The number of para-hydroxylation sites is 1. The molecule has 1 N–H and O–H groups in total. The molecule has 1 fully saturated rings. The lowest BCUT2D eigenvalue weighted by atomic mass is 9.94. The van der Waals surface area contributed by atoms with Crippen LogP contribution in [0.15, 0.2) is 30.3 Å². The largest absolute Gasteiger partial charge is 0.348 e. The Morgan fingerprint density at radius 1 is 1.29 bits per heavy atom. The summed E-state index contributed by atoms with van der Waals surface area (Å²) in [5.41, 5.74) is 2.39. The fourth-order valence-electron chi connectivity index (χ4n) is 2.99. The number of hydrogen-bond donors (Lipinski definition) is 1. The monoisotopic (exact) mass is 302 g/mol. The third-order valence-corrected chi connectivity index (χ3v) is 4.61. The van der Waals surface area contributed by atoms with Crippen molar-refractivity contribution in [3.8, 4) is 0 Å². The number of amides is 1. The van der Waals surface area contributed by atoms with E-state index in [1.165, 1.54) is 0 Å². The van der Waals surface area contributed by atoms with Crippen LogP contribution in [-0.4, -0.2) is 22.3 Å². The molecule has 1 amide bonds. The maximum atomic E-state index is 12.6. The number of nitrogens with zero attached hydrogens (tertiary/aromatic N) is 1. The van der Waals surface area contributed by atoms with E-state index in [4.69, 9.17) is 11.6 Å². The van der Waals surface area contributed by atoms with E-state index in [0.717, 1.165) is 42.3 Å². The maximum Gasteiger partial charge on any atom is 0.252 e. The highest BCUT2D eigenvalue weighted by molar-refractivity contribution is 6.21. The molecule has 1 heterocycles. The Morgan fingerprint density at radius 3 is 2.86 bits per heavy atom. The average molecular weight is 303 g/mol. The smallest absolute Gasteiger partial charge is 0.252 e. The zero-order valence-electron chi connectivity index (χ0n) is 12.1. The number of rotatable bonds is 2. The van der Waals surface area contributed by atoms with E-state index in [9.17, 15) is 4.79 Å². The molecule has 4 heteroatoms. The first-order valence-electron chi connectivity index (χ1n) is 7.46. The topological polar surface area (TPSA) is 42.0 Å². The van der Waals surface area contributed by atoms with Crippen LogP contribution in [0.1, 0.15) is 41.7 Å². The highest BCUT2D eigenvalue weighted by Gasteiger charge is 2.25. The van der Waals surface area contributed by atoms with E-state index in [2.05, 4.69) is 10.3 Å². The van der Waals surface area contributed by atoms with E-state index in [-0.39, 0.29) is 17.3 Å². The van der Waals surface area contributed by atoms with Gasteiger partial charge in [0.25, 0.3) is 5.91 Å². The zero-order chi connectivity index (χ0) is 14.8. The minimum absolute atomic E-state index is 0.0388. The summed E-state index contributed by atoms with van der Waals surface area (Å²) in [6, 6.07) is 9.66. The van der Waals surface area contributed by atoms with E-state index < -0.39 is 0 Å². The molecule has 21 heavy (non-hydrogen) atoms. The van der Waals surface area contributed by atoms with Gasteiger partial charge in [0.2, 0.25) is 0 Å². The Kier molecular flexibility index (Phi) is 4.11. The predicted molar refractivity (Wildman–Crippen MR) is 85.8 cm³/mol. The highest BCUT2D eigenvalue weighted by Crippen LogP contribution is 2.24. The maximum absolute atomic E-state index is 12.6. The number of pyridine rings is 1. The van der Waals surface area contributed by atoms with Crippen LogP contribution in [0.3, 0.4) is 0 Å². The summed E-state index contributed by atoms with van der Waals surface area (Å²) < 4.78 is 0. The molecule has 0 bridgehead atoms. The number of nitrogens with one attached hydrogen (secondary N) is 1. The first kappa shape index (κ1) is 14.3. The lowest BCUT2D eigenvalue weighted by molar-refractivity contribution is 0.0930. The molecule has 0 spiro atoms. The summed E-state index contributed by atoms with van der Waals surface area (Å²) in [6.07, 6.45) is 4.21. The van der Waals surface area contributed by atoms with Gasteiger partial charge in [-0.3, -0.25) is 9.78 Å². The number of halogens is 1. The molecule has 2 aromatic rings. The van der Waals surface area contributed by atoms with E-state index >= 15 is 0 Å². The number of hydrogen-bond acceptors (Lipinski definition) is 2. The van der Waals surface area contributed by atoms with Crippen molar-refractivity contribution in [1.29, 1.82) is 0 Å². The first-order valence-corrected chi connectivity index (χ1v) is 7.90. The molecule has 2 atom stereocenters. The van der Waals surface area contributed by atoms with Crippen molar-refractivity contribution in [2.24, 2.45) is 0 Å². The van der Waals surface area contributed by atoms with Gasteiger partial charge in [0, 0.05) is 17.1 Å². The van der Waals surface area contributed by atoms with Crippen molar-refractivity contribution in [2.75, 3.05) is 0 Å². The van der Waals surface area contributed by atoms with Crippen LogP contribution < -0.4 is 5.32 Å². The minimum atomic E-state index is -0.0470. The number of carbonyl (C=O) groups excluding carboxylic acids is 1. The second-order valence-electron chi connectivity index (χ2n) is 5.71. The summed E-state index contributed by atoms with van der Waals surface area (Å²) in [7, 11) is 0. The van der Waals surface area contributed by atoms with Crippen molar-refractivity contribution < 1.29 is 4.79 Å². The molecule has 1 aromatic heterocycles. The Balaban J connectivity index is 1.90. The molecule has 3 rings (SSSR count). The number of aryl methyl sites for hydroxylation is 1. The summed E-state index contributed by atoms with van der Waals surface area (Å²) in [4.78, 5) is 17.1. The first-order chi connectivity index (χ1) is 10.1. The lowest BCUT2D eigenvalue weighted by Crippen LogP contribution is -2.42. The Labute approximate surface area is 129 Å². The van der Waals surface area contributed by atoms with E-state index in [0.29, 0.717) is 5.56 Å². The molecule has 2 unspecified atom stereocenters. The van der Waals surface area contributed by atoms with Crippen LogP contribution >= 0.6 is 11.6 Å². The molecule has 110 valence electrons. The van der Waals surface area contributed by atoms with Crippen LogP contribution in [-0.2, 0) is 0 Å². The minimum Gasteiger partial charge on any atom is -0.348 e. The van der Waals surface area contributed by atoms with E-state index in [1.54, 1.807) is 0 Å². The predicted octanol–water partition coefficient (Wildman–Crippen LogP) is 3.82. The van der Waals surface area contributed by atoms with Gasteiger partial charge < -0.3 is 5.32 Å². The number of alkyl halides is 1. The van der Waals surface area contributed by atoms with Crippen LogP contribution in [0.4, 0.5) is 0 Å². The Morgan fingerprint density at radius 2 is 2.05 bits per heavy atom. The summed E-state index contributed by atoms with van der Waals surface area (Å²) in [6.45, 7) is 1.91. The average Bonchev–Trinajstić information content (AvgIpc) is 2.48. The van der Waals surface area contributed by atoms with Gasteiger partial charge in [0.15, 0.2) is 0 Å². The quantitative estimate of drug-likeness (QED) is 0.857. The van der Waals surface area contributed by atoms with Gasteiger partial charge in [-0.15, -0.1) is 11.6 Å². The SMILES string of the molecule is Cc1cc(C(=O)NC2CCCCC2Cl)c2ccccc2n1. The number of benzene rings is 1. The normalized spacial score (nSPS) is 22.2. The summed E-state index contributed by atoms with van der Waals surface area (Å²) in [5, 5.41) is 4.04. The molecule has 1 saturated carbocycles. The van der Waals surface area contributed by atoms with Gasteiger partial charge in [-0.25, -0.2) is 0 Å². The van der Waals surface area contributed by atoms with E-state index in [1.807, 2.05) is 37.3 Å². The van der Waals surface area contributed by atoms with Crippen LogP contribution in [0.2, 0.25) is 0 Å². The fraction of sp³-hybridized carbons (Fsp3) is 0.412.